The Hall–Kier alpha value is -3.82. The predicted molar refractivity (Wildman–Crippen MR) is 150 cm³/mol. The van der Waals surface area contributed by atoms with Crippen LogP contribution >= 0.6 is 23.4 Å². The van der Waals surface area contributed by atoms with Gasteiger partial charge in [0.1, 0.15) is 5.75 Å². The summed E-state index contributed by atoms with van der Waals surface area (Å²) >= 11 is 7.50. The number of hydrogen-bond acceptors (Lipinski definition) is 6. The number of anilines is 1. The minimum atomic E-state index is -0.155. The number of ether oxygens (including phenoxy) is 1. The summed E-state index contributed by atoms with van der Waals surface area (Å²) in [4.78, 5) is 25.3. The monoisotopic (exact) mass is 549 g/mol. The van der Waals surface area contributed by atoms with Crippen molar-refractivity contribution in [1.29, 1.82) is 0 Å². The molecule has 0 saturated carbocycles. The molecule has 1 aromatic heterocycles. The van der Waals surface area contributed by atoms with Crippen LogP contribution in [0, 0.1) is 13.8 Å². The molecule has 10 heteroatoms. The molecule has 2 N–H and O–H groups in total. The molecule has 1 heterocycles. The Labute approximate surface area is 230 Å². The lowest BCUT2D eigenvalue weighted by Gasteiger charge is -2.12. The largest absolute Gasteiger partial charge is 0.497 e. The van der Waals surface area contributed by atoms with Crippen LogP contribution in [-0.2, 0) is 22.6 Å². The second kappa shape index (κ2) is 12.6. The summed E-state index contributed by atoms with van der Waals surface area (Å²) in [5, 5.41) is 15.5. The van der Waals surface area contributed by atoms with Gasteiger partial charge < -0.3 is 15.4 Å². The first-order valence-electron chi connectivity index (χ1n) is 11.9. The first-order chi connectivity index (χ1) is 18.3. The van der Waals surface area contributed by atoms with Gasteiger partial charge in [-0.1, -0.05) is 53.7 Å². The Balaban J connectivity index is 1.46. The number of halogens is 1. The molecule has 0 fully saturated rings. The molecular formula is C28H28ClN5O3S. The topological polar surface area (TPSA) is 98.1 Å². The predicted octanol–water partition coefficient (Wildman–Crippen LogP) is 5.14. The van der Waals surface area contributed by atoms with E-state index in [1.54, 1.807) is 23.8 Å². The summed E-state index contributed by atoms with van der Waals surface area (Å²) in [5.41, 5.74) is 4.44. The van der Waals surface area contributed by atoms with E-state index in [0.717, 1.165) is 33.8 Å². The van der Waals surface area contributed by atoms with Crippen molar-refractivity contribution in [3.63, 3.8) is 0 Å². The number of thioether (sulfide) groups is 1. The van der Waals surface area contributed by atoms with Crippen molar-refractivity contribution in [2.45, 2.75) is 32.0 Å². The van der Waals surface area contributed by atoms with Crippen LogP contribution in [0.15, 0.2) is 71.9 Å². The van der Waals surface area contributed by atoms with Gasteiger partial charge in [0.05, 0.1) is 31.5 Å². The smallest absolute Gasteiger partial charge is 0.234 e. The lowest BCUT2D eigenvalue weighted by Crippen LogP contribution is -2.26. The van der Waals surface area contributed by atoms with E-state index in [1.165, 1.54) is 11.8 Å². The van der Waals surface area contributed by atoms with Crippen molar-refractivity contribution < 1.29 is 14.3 Å². The van der Waals surface area contributed by atoms with Crippen molar-refractivity contribution in [1.82, 2.24) is 20.1 Å². The van der Waals surface area contributed by atoms with Crippen molar-refractivity contribution in [2.75, 3.05) is 18.2 Å². The average molecular weight is 550 g/mol. The molecule has 0 aliphatic heterocycles. The first-order valence-corrected chi connectivity index (χ1v) is 13.3. The van der Waals surface area contributed by atoms with Gasteiger partial charge in [-0.3, -0.25) is 14.2 Å². The van der Waals surface area contributed by atoms with Crippen LogP contribution in [0.1, 0.15) is 22.5 Å². The quantitative estimate of drug-likeness (QED) is 0.266. The summed E-state index contributed by atoms with van der Waals surface area (Å²) in [6.07, 6.45) is 0.218. The fourth-order valence-electron chi connectivity index (χ4n) is 3.74. The van der Waals surface area contributed by atoms with Gasteiger partial charge in [0.2, 0.25) is 11.8 Å². The number of nitrogens with one attached hydrogen (secondary N) is 2. The first kappa shape index (κ1) is 27.2. The van der Waals surface area contributed by atoms with Crippen molar-refractivity contribution >= 4 is 40.9 Å². The summed E-state index contributed by atoms with van der Waals surface area (Å²) in [6.45, 7) is 4.09. The van der Waals surface area contributed by atoms with Crippen molar-refractivity contribution in [3.8, 4) is 11.4 Å². The Morgan fingerprint density at radius 1 is 1.00 bits per heavy atom. The minimum Gasteiger partial charge on any atom is -0.497 e. The third kappa shape index (κ3) is 7.14. The van der Waals surface area contributed by atoms with Gasteiger partial charge in [0.15, 0.2) is 11.0 Å². The maximum absolute atomic E-state index is 12.7. The van der Waals surface area contributed by atoms with Crippen LogP contribution in [-0.4, -0.2) is 39.4 Å². The van der Waals surface area contributed by atoms with Crippen LogP contribution in [0.5, 0.6) is 5.75 Å². The van der Waals surface area contributed by atoms with E-state index >= 15 is 0 Å². The zero-order chi connectivity index (χ0) is 27.1. The van der Waals surface area contributed by atoms with Crippen LogP contribution < -0.4 is 15.4 Å². The number of carbonyl (C=O) groups is 2. The van der Waals surface area contributed by atoms with Gasteiger partial charge in [0.25, 0.3) is 0 Å². The van der Waals surface area contributed by atoms with Gasteiger partial charge in [-0.15, -0.1) is 10.2 Å². The number of hydrogen-bond donors (Lipinski definition) is 2. The number of benzene rings is 3. The molecule has 38 heavy (non-hydrogen) atoms. The number of aryl methyl sites for hydroxylation is 2. The second-order valence-electron chi connectivity index (χ2n) is 8.67. The number of nitrogens with zero attached hydrogens (tertiary/aromatic N) is 3. The molecule has 196 valence electrons. The Morgan fingerprint density at radius 2 is 1.79 bits per heavy atom. The molecule has 0 saturated heterocycles. The molecule has 2 amide bonds. The van der Waals surface area contributed by atoms with Gasteiger partial charge in [-0.25, -0.2) is 0 Å². The molecule has 0 aliphatic rings. The highest BCUT2D eigenvalue weighted by molar-refractivity contribution is 7.99. The Morgan fingerprint density at radius 3 is 2.53 bits per heavy atom. The third-order valence-electron chi connectivity index (χ3n) is 5.73. The number of rotatable bonds is 10. The van der Waals surface area contributed by atoms with E-state index in [4.69, 9.17) is 16.3 Å². The number of carbonyl (C=O) groups excluding carboxylic acids is 2. The molecule has 3 aromatic carbocycles. The van der Waals surface area contributed by atoms with Crippen molar-refractivity contribution in [3.05, 3.63) is 94.3 Å². The molecule has 0 spiro atoms. The third-order valence-corrected chi connectivity index (χ3v) is 6.90. The maximum atomic E-state index is 12.7. The van der Waals surface area contributed by atoms with Gasteiger partial charge in [-0.2, -0.15) is 0 Å². The number of aromatic nitrogens is 3. The summed E-state index contributed by atoms with van der Waals surface area (Å²) < 4.78 is 6.97. The van der Waals surface area contributed by atoms with E-state index in [9.17, 15) is 9.59 Å². The van der Waals surface area contributed by atoms with Gasteiger partial charge in [0, 0.05) is 10.7 Å². The second-order valence-corrected chi connectivity index (χ2v) is 10.0. The lowest BCUT2D eigenvalue weighted by atomic mass is 10.1. The summed E-state index contributed by atoms with van der Waals surface area (Å²) in [5.74, 6) is 1.08. The standard InChI is InChI=1S/C28H28ClN5O3S/c1-18-7-8-19(2)24(13-18)31-27(36)17-38-28-33-32-25(34(28)22-6-4-5-21(29)15-22)16-30-26(35)14-20-9-11-23(37-3)12-10-20/h4-13,15H,14,16-17H2,1-3H3,(H,30,35)(H,31,36). The SMILES string of the molecule is COc1ccc(CC(=O)NCc2nnc(SCC(=O)Nc3cc(C)ccc3C)n2-c2cccc(Cl)c2)cc1. The fourth-order valence-corrected chi connectivity index (χ4v) is 4.69. The molecule has 0 bridgehead atoms. The van der Waals surface area contributed by atoms with Crippen molar-refractivity contribution in [2.24, 2.45) is 0 Å². The maximum Gasteiger partial charge on any atom is 0.234 e. The average Bonchev–Trinajstić information content (AvgIpc) is 3.31. The minimum absolute atomic E-state index is 0.135. The molecule has 0 atom stereocenters. The molecule has 4 aromatic rings. The number of amides is 2. The Bertz CT molecular complexity index is 1440. The molecule has 0 aliphatic carbocycles. The van der Waals surface area contributed by atoms with E-state index < -0.39 is 0 Å². The van der Waals surface area contributed by atoms with E-state index in [2.05, 4.69) is 20.8 Å². The molecule has 0 radical (unpaired) electrons. The van der Waals surface area contributed by atoms with Crippen LogP contribution in [0.25, 0.3) is 5.69 Å². The highest BCUT2D eigenvalue weighted by Gasteiger charge is 2.17. The van der Waals surface area contributed by atoms with Gasteiger partial charge >= 0.3 is 0 Å². The molecule has 4 rings (SSSR count). The van der Waals surface area contributed by atoms with Crippen LogP contribution in [0.4, 0.5) is 5.69 Å². The van der Waals surface area contributed by atoms with E-state index in [-0.39, 0.29) is 30.5 Å². The highest BCUT2D eigenvalue weighted by Crippen LogP contribution is 2.25. The summed E-state index contributed by atoms with van der Waals surface area (Å²) in [7, 11) is 1.60. The molecule has 8 nitrogen and oxygen atoms in total. The number of methoxy groups -OCH3 is 1. The fraction of sp³-hybridized carbons (Fsp3) is 0.214. The lowest BCUT2D eigenvalue weighted by molar-refractivity contribution is -0.120. The van der Waals surface area contributed by atoms with Gasteiger partial charge in [-0.05, 0) is 66.9 Å². The molecular weight excluding hydrogens is 522 g/mol. The van der Waals surface area contributed by atoms with E-state index in [0.29, 0.717) is 16.0 Å². The summed E-state index contributed by atoms with van der Waals surface area (Å²) in [6, 6.07) is 20.5. The van der Waals surface area contributed by atoms with Crippen LogP contribution in [0.2, 0.25) is 5.02 Å². The normalized spacial score (nSPS) is 10.7. The zero-order valence-electron chi connectivity index (χ0n) is 21.3. The zero-order valence-corrected chi connectivity index (χ0v) is 22.9. The highest BCUT2D eigenvalue weighted by atomic mass is 35.5. The Kier molecular flexibility index (Phi) is 9.04. The van der Waals surface area contributed by atoms with E-state index in [1.807, 2.05) is 68.4 Å². The van der Waals surface area contributed by atoms with Crippen LogP contribution in [0.3, 0.4) is 0 Å². The molecule has 0 unspecified atom stereocenters.